The van der Waals surface area contributed by atoms with Crippen molar-refractivity contribution in [2.24, 2.45) is 5.92 Å². The standard InChI is InChI=1S/C12H22N2O3/c15-9-12(3-5-17-6-4-12)14-11(16)8-13-7-10-1-2-10/h10,13,15H,1-9H2,(H,14,16). The van der Waals surface area contributed by atoms with E-state index < -0.39 is 5.54 Å². The molecule has 0 aromatic carbocycles. The lowest BCUT2D eigenvalue weighted by atomic mass is 9.91. The predicted molar refractivity (Wildman–Crippen MR) is 63.6 cm³/mol. The smallest absolute Gasteiger partial charge is 0.234 e. The van der Waals surface area contributed by atoms with Crippen LogP contribution in [0.3, 0.4) is 0 Å². The number of aliphatic hydroxyl groups excluding tert-OH is 1. The summed E-state index contributed by atoms with van der Waals surface area (Å²) in [5, 5.41) is 15.5. The molecular formula is C12H22N2O3. The van der Waals surface area contributed by atoms with E-state index in [1.54, 1.807) is 0 Å². The average molecular weight is 242 g/mol. The second kappa shape index (κ2) is 5.80. The molecule has 5 heteroatoms. The van der Waals surface area contributed by atoms with Crippen molar-refractivity contribution in [3.05, 3.63) is 0 Å². The monoisotopic (exact) mass is 242 g/mol. The van der Waals surface area contributed by atoms with E-state index in [2.05, 4.69) is 10.6 Å². The molecule has 3 N–H and O–H groups in total. The molecule has 2 fully saturated rings. The average Bonchev–Trinajstić information content (AvgIpc) is 3.14. The first-order chi connectivity index (χ1) is 8.24. The maximum absolute atomic E-state index is 11.8. The zero-order chi connectivity index (χ0) is 12.1. The van der Waals surface area contributed by atoms with E-state index in [0.29, 0.717) is 32.6 Å². The third-order valence-corrected chi connectivity index (χ3v) is 3.57. The summed E-state index contributed by atoms with van der Waals surface area (Å²) in [5.74, 6) is 0.749. The highest BCUT2D eigenvalue weighted by atomic mass is 16.5. The van der Waals surface area contributed by atoms with Crippen LogP contribution in [-0.2, 0) is 9.53 Å². The Morgan fingerprint density at radius 3 is 2.65 bits per heavy atom. The van der Waals surface area contributed by atoms with Gasteiger partial charge in [-0.2, -0.15) is 0 Å². The second-order valence-electron chi connectivity index (χ2n) is 5.17. The van der Waals surface area contributed by atoms with Gasteiger partial charge in [0.1, 0.15) is 0 Å². The topological polar surface area (TPSA) is 70.6 Å². The third-order valence-electron chi connectivity index (χ3n) is 3.57. The number of carbonyl (C=O) groups is 1. The molecular weight excluding hydrogens is 220 g/mol. The summed E-state index contributed by atoms with van der Waals surface area (Å²) in [7, 11) is 0. The third kappa shape index (κ3) is 3.94. The Labute approximate surface area is 102 Å². The van der Waals surface area contributed by atoms with Gasteiger partial charge in [0.2, 0.25) is 5.91 Å². The van der Waals surface area contributed by atoms with Crippen molar-refractivity contribution in [2.45, 2.75) is 31.2 Å². The lowest BCUT2D eigenvalue weighted by Gasteiger charge is -2.36. The van der Waals surface area contributed by atoms with E-state index >= 15 is 0 Å². The van der Waals surface area contributed by atoms with Crippen LogP contribution < -0.4 is 10.6 Å². The molecule has 98 valence electrons. The van der Waals surface area contributed by atoms with E-state index in [0.717, 1.165) is 12.5 Å². The molecule has 1 aliphatic heterocycles. The molecule has 0 aromatic heterocycles. The van der Waals surface area contributed by atoms with Gasteiger partial charge in [-0.1, -0.05) is 0 Å². The van der Waals surface area contributed by atoms with E-state index in [-0.39, 0.29) is 12.5 Å². The molecule has 0 aromatic rings. The summed E-state index contributed by atoms with van der Waals surface area (Å²) in [6, 6.07) is 0. The van der Waals surface area contributed by atoms with Crippen LogP contribution in [0.15, 0.2) is 0 Å². The minimum atomic E-state index is -0.462. The van der Waals surface area contributed by atoms with Gasteiger partial charge in [-0.15, -0.1) is 0 Å². The van der Waals surface area contributed by atoms with Gasteiger partial charge in [-0.25, -0.2) is 0 Å². The van der Waals surface area contributed by atoms with E-state index in [1.165, 1.54) is 12.8 Å². The normalized spacial score (nSPS) is 23.4. The number of nitrogens with one attached hydrogen (secondary N) is 2. The number of aliphatic hydroxyl groups is 1. The van der Waals surface area contributed by atoms with Crippen molar-refractivity contribution in [1.82, 2.24) is 10.6 Å². The van der Waals surface area contributed by atoms with Crippen LogP contribution in [0.25, 0.3) is 0 Å². The van der Waals surface area contributed by atoms with Gasteiger partial charge in [-0.3, -0.25) is 4.79 Å². The largest absolute Gasteiger partial charge is 0.394 e. The molecule has 1 aliphatic carbocycles. The Kier molecular flexibility index (Phi) is 4.36. The van der Waals surface area contributed by atoms with E-state index in [1.807, 2.05) is 0 Å². The highest BCUT2D eigenvalue weighted by Crippen LogP contribution is 2.27. The van der Waals surface area contributed by atoms with Gasteiger partial charge in [0.25, 0.3) is 0 Å². The van der Waals surface area contributed by atoms with Crippen LogP contribution in [-0.4, -0.2) is 49.5 Å². The molecule has 0 radical (unpaired) electrons. The number of hydrogen-bond donors (Lipinski definition) is 3. The summed E-state index contributed by atoms with van der Waals surface area (Å²) in [6.45, 7) is 2.49. The van der Waals surface area contributed by atoms with Gasteiger partial charge in [-0.05, 0) is 38.1 Å². The molecule has 0 atom stereocenters. The highest BCUT2D eigenvalue weighted by Gasteiger charge is 2.33. The SMILES string of the molecule is O=C(CNCC1CC1)NC1(CO)CCOCC1. The lowest BCUT2D eigenvalue weighted by Crippen LogP contribution is -2.56. The molecule has 0 bridgehead atoms. The zero-order valence-corrected chi connectivity index (χ0v) is 10.2. The van der Waals surface area contributed by atoms with Crippen molar-refractivity contribution in [3.8, 4) is 0 Å². The number of amides is 1. The number of rotatable bonds is 6. The molecule has 1 saturated carbocycles. The highest BCUT2D eigenvalue weighted by molar-refractivity contribution is 5.78. The summed E-state index contributed by atoms with van der Waals surface area (Å²) in [6.07, 6.45) is 3.95. The molecule has 5 nitrogen and oxygen atoms in total. The van der Waals surface area contributed by atoms with Crippen LogP contribution in [0.4, 0.5) is 0 Å². The summed E-state index contributed by atoms with van der Waals surface area (Å²) < 4.78 is 5.25. The molecule has 1 amide bonds. The second-order valence-corrected chi connectivity index (χ2v) is 5.17. The Hall–Kier alpha value is -0.650. The van der Waals surface area contributed by atoms with Gasteiger partial charge in [0.15, 0.2) is 0 Å². The van der Waals surface area contributed by atoms with E-state index in [4.69, 9.17) is 4.74 Å². The summed E-state index contributed by atoms with van der Waals surface area (Å²) >= 11 is 0. The fourth-order valence-corrected chi connectivity index (χ4v) is 2.14. The van der Waals surface area contributed by atoms with Crippen molar-refractivity contribution in [3.63, 3.8) is 0 Å². The molecule has 2 rings (SSSR count). The Morgan fingerprint density at radius 1 is 1.35 bits per heavy atom. The fraction of sp³-hybridized carbons (Fsp3) is 0.917. The van der Waals surface area contributed by atoms with Gasteiger partial charge < -0.3 is 20.5 Å². The minimum absolute atomic E-state index is 0.00920. The first-order valence-electron chi connectivity index (χ1n) is 6.44. The van der Waals surface area contributed by atoms with Crippen LogP contribution in [0.5, 0.6) is 0 Å². The number of hydrogen-bond acceptors (Lipinski definition) is 4. The lowest BCUT2D eigenvalue weighted by molar-refractivity contribution is -0.124. The maximum atomic E-state index is 11.8. The Balaban J connectivity index is 1.70. The Morgan fingerprint density at radius 2 is 2.06 bits per heavy atom. The quantitative estimate of drug-likeness (QED) is 0.595. The molecule has 2 aliphatic rings. The van der Waals surface area contributed by atoms with Gasteiger partial charge in [0, 0.05) is 13.2 Å². The first kappa shape index (κ1) is 12.8. The Bertz CT molecular complexity index is 260. The van der Waals surface area contributed by atoms with Crippen LogP contribution >= 0.6 is 0 Å². The van der Waals surface area contributed by atoms with Crippen molar-refractivity contribution < 1.29 is 14.6 Å². The molecule has 0 unspecified atom stereocenters. The van der Waals surface area contributed by atoms with Crippen molar-refractivity contribution in [1.29, 1.82) is 0 Å². The first-order valence-corrected chi connectivity index (χ1v) is 6.44. The summed E-state index contributed by atoms with van der Waals surface area (Å²) in [5.41, 5.74) is -0.462. The molecule has 1 heterocycles. The van der Waals surface area contributed by atoms with Crippen molar-refractivity contribution in [2.75, 3.05) is 32.9 Å². The zero-order valence-electron chi connectivity index (χ0n) is 10.2. The minimum Gasteiger partial charge on any atom is -0.394 e. The van der Waals surface area contributed by atoms with Gasteiger partial charge in [0.05, 0.1) is 18.7 Å². The van der Waals surface area contributed by atoms with Crippen molar-refractivity contribution >= 4 is 5.91 Å². The van der Waals surface area contributed by atoms with Gasteiger partial charge >= 0.3 is 0 Å². The molecule has 1 saturated heterocycles. The maximum Gasteiger partial charge on any atom is 0.234 e. The number of ether oxygens (including phenoxy) is 1. The molecule has 17 heavy (non-hydrogen) atoms. The van der Waals surface area contributed by atoms with E-state index in [9.17, 15) is 9.90 Å². The van der Waals surface area contributed by atoms with Crippen LogP contribution in [0.1, 0.15) is 25.7 Å². The summed E-state index contributed by atoms with van der Waals surface area (Å²) in [4.78, 5) is 11.8. The fourth-order valence-electron chi connectivity index (χ4n) is 2.14. The molecule has 0 spiro atoms. The van der Waals surface area contributed by atoms with Crippen LogP contribution in [0, 0.1) is 5.92 Å². The number of carbonyl (C=O) groups excluding carboxylic acids is 1. The predicted octanol–water partition coefficient (Wildman–Crippen LogP) is -0.356. The van der Waals surface area contributed by atoms with Crippen LogP contribution in [0.2, 0.25) is 0 Å².